The Kier molecular flexibility index (Phi) is 8.07. The molecule has 2 aromatic carbocycles. The molecule has 0 atom stereocenters. The number of aryl methyl sites for hydroxylation is 1. The van der Waals surface area contributed by atoms with E-state index in [9.17, 15) is 0 Å². The minimum atomic E-state index is 0.464. The van der Waals surface area contributed by atoms with E-state index in [1.165, 1.54) is 0 Å². The first kappa shape index (κ1) is 21.5. The Morgan fingerprint density at radius 2 is 1.64 bits per heavy atom. The van der Waals surface area contributed by atoms with Crippen LogP contribution in [0.3, 0.4) is 0 Å². The molecule has 0 amide bonds. The van der Waals surface area contributed by atoms with E-state index < -0.39 is 0 Å². The maximum absolute atomic E-state index is 5.40. The average molecular weight is 402 g/mol. The molecule has 2 aromatic rings. The number of rotatable bonds is 8. The summed E-state index contributed by atoms with van der Waals surface area (Å²) in [6.45, 7) is 4.62. The Labute approximate surface area is 171 Å². The average Bonchev–Trinajstić information content (AvgIpc) is 2.71. The van der Waals surface area contributed by atoms with Crippen molar-refractivity contribution in [2.24, 2.45) is 5.10 Å². The van der Waals surface area contributed by atoms with Crippen LogP contribution in [-0.4, -0.2) is 38.7 Å². The lowest BCUT2D eigenvalue weighted by Crippen LogP contribution is -2.34. The van der Waals surface area contributed by atoms with E-state index in [2.05, 4.69) is 15.8 Å². The molecule has 0 saturated heterocycles. The second kappa shape index (κ2) is 10.5. The Morgan fingerprint density at radius 1 is 0.964 bits per heavy atom. The van der Waals surface area contributed by atoms with Gasteiger partial charge in [-0.05, 0) is 62.3 Å². The first-order valence-corrected chi connectivity index (χ1v) is 9.33. The number of methoxy groups -OCH3 is 3. The maximum Gasteiger partial charge on any atom is 0.186 e. The summed E-state index contributed by atoms with van der Waals surface area (Å²) in [5.41, 5.74) is 6.88. The van der Waals surface area contributed by atoms with Gasteiger partial charge in [-0.1, -0.05) is 17.7 Å². The van der Waals surface area contributed by atoms with E-state index in [0.29, 0.717) is 23.2 Å². The smallest absolute Gasteiger partial charge is 0.186 e. The van der Waals surface area contributed by atoms with Crippen molar-refractivity contribution in [2.75, 3.05) is 27.9 Å². The lowest BCUT2D eigenvalue weighted by atomic mass is 10.1. The second-order valence-electron chi connectivity index (χ2n) is 6.21. The van der Waals surface area contributed by atoms with Gasteiger partial charge in [0.1, 0.15) is 5.75 Å². The van der Waals surface area contributed by atoms with E-state index in [1.807, 2.05) is 50.2 Å². The molecule has 0 heterocycles. The largest absolute Gasteiger partial charge is 0.496 e. The standard InChI is InChI=1S/C21H27N3O3S/c1-14-6-8-18(25-3)17(12-14)15(2)23-24-21(28)22-11-10-16-7-9-19(26-4)20(13-16)27-5/h6-9,12-13H,10-11H2,1-5H3,(H2,22,24,28)/b23-15-. The zero-order valence-corrected chi connectivity index (χ0v) is 17.8. The highest BCUT2D eigenvalue weighted by Gasteiger charge is 2.07. The van der Waals surface area contributed by atoms with Gasteiger partial charge in [-0.25, -0.2) is 0 Å². The molecular formula is C21H27N3O3S. The van der Waals surface area contributed by atoms with Crippen LogP contribution in [-0.2, 0) is 6.42 Å². The van der Waals surface area contributed by atoms with Crippen LogP contribution in [0.5, 0.6) is 17.2 Å². The van der Waals surface area contributed by atoms with E-state index in [0.717, 1.165) is 34.6 Å². The van der Waals surface area contributed by atoms with E-state index in [4.69, 9.17) is 26.4 Å². The van der Waals surface area contributed by atoms with Gasteiger partial charge in [0.25, 0.3) is 0 Å². The SMILES string of the molecule is COc1ccc(CCNC(=S)N/N=C(/C)c2cc(C)ccc2OC)cc1OC. The fourth-order valence-electron chi connectivity index (χ4n) is 2.70. The van der Waals surface area contributed by atoms with Crippen LogP contribution in [0, 0.1) is 6.92 Å². The van der Waals surface area contributed by atoms with Gasteiger partial charge in [0.15, 0.2) is 16.6 Å². The lowest BCUT2D eigenvalue weighted by molar-refractivity contribution is 0.354. The number of hydrazone groups is 1. The molecular weight excluding hydrogens is 374 g/mol. The molecule has 6 nitrogen and oxygen atoms in total. The van der Waals surface area contributed by atoms with Gasteiger partial charge >= 0.3 is 0 Å². The molecule has 0 aromatic heterocycles. The predicted octanol–water partition coefficient (Wildman–Crippen LogP) is 3.45. The third kappa shape index (κ3) is 5.85. The summed E-state index contributed by atoms with van der Waals surface area (Å²) >= 11 is 5.31. The van der Waals surface area contributed by atoms with Crippen LogP contribution in [0.4, 0.5) is 0 Å². The van der Waals surface area contributed by atoms with Gasteiger partial charge < -0.3 is 19.5 Å². The van der Waals surface area contributed by atoms with Gasteiger partial charge in [-0.15, -0.1) is 0 Å². The van der Waals surface area contributed by atoms with Crippen molar-refractivity contribution in [1.82, 2.24) is 10.7 Å². The van der Waals surface area contributed by atoms with Crippen LogP contribution in [0.25, 0.3) is 0 Å². The zero-order chi connectivity index (χ0) is 20.5. The van der Waals surface area contributed by atoms with E-state index >= 15 is 0 Å². The molecule has 2 N–H and O–H groups in total. The molecule has 0 saturated carbocycles. The van der Waals surface area contributed by atoms with Crippen LogP contribution in [0.1, 0.15) is 23.6 Å². The normalized spacial score (nSPS) is 11.0. The molecule has 0 aliphatic heterocycles. The summed E-state index contributed by atoms with van der Waals surface area (Å²) in [6.07, 6.45) is 0.788. The molecule has 0 fully saturated rings. The summed E-state index contributed by atoms with van der Waals surface area (Å²) in [5, 5.41) is 7.98. The first-order valence-electron chi connectivity index (χ1n) is 8.92. The van der Waals surface area contributed by atoms with Crippen molar-refractivity contribution in [3.05, 3.63) is 53.1 Å². The van der Waals surface area contributed by atoms with Crippen LogP contribution < -0.4 is 25.0 Å². The quantitative estimate of drug-likeness (QED) is 0.401. The third-order valence-electron chi connectivity index (χ3n) is 4.22. The molecule has 0 unspecified atom stereocenters. The number of thiocarbonyl (C=S) groups is 1. The van der Waals surface area contributed by atoms with Crippen molar-refractivity contribution in [3.8, 4) is 17.2 Å². The minimum Gasteiger partial charge on any atom is -0.496 e. The molecule has 0 spiro atoms. The molecule has 7 heteroatoms. The number of hydrogen-bond acceptors (Lipinski definition) is 5. The Hall–Kier alpha value is -2.80. The molecule has 150 valence electrons. The Balaban J connectivity index is 1.89. The molecule has 0 bridgehead atoms. The highest BCUT2D eigenvalue weighted by atomic mass is 32.1. The second-order valence-corrected chi connectivity index (χ2v) is 6.62. The van der Waals surface area contributed by atoms with Crippen molar-refractivity contribution in [2.45, 2.75) is 20.3 Å². The predicted molar refractivity (Wildman–Crippen MR) is 117 cm³/mol. The molecule has 28 heavy (non-hydrogen) atoms. The van der Waals surface area contributed by atoms with E-state index in [1.54, 1.807) is 21.3 Å². The topological polar surface area (TPSA) is 64.1 Å². The maximum atomic E-state index is 5.40. The molecule has 0 aliphatic carbocycles. The Bertz CT molecular complexity index is 853. The fourth-order valence-corrected chi connectivity index (χ4v) is 2.84. The summed E-state index contributed by atoms with van der Waals surface area (Å²) < 4.78 is 16.0. The first-order chi connectivity index (χ1) is 13.5. The van der Waals surface area contributed by atoms with Crippen LogP contribution >= 0.6 is 12.2 Å². The summed E-state index contributed by atoms with van der Waals surface area (Å²) in [7, 11) is 4.90. The monoisotopic (exact) mass is 401 g/mol. The highest BCUT2D eigenvalue weighted by Crippen LogP contribution is 2.27. The number of nitrogens with zero attached hydrogens (tertiary/aromatic N) is 1. The number of hydrogen-bond donors (Lipinski definition) is 2. The van der Waals surface area contributed by atoms with Gasteiger partial charge in [-0.3, -0.25) is 5.43 Å². The molecule has 0 aliphatic rings. The van der Waals surface area contributed by atoms with Gasteiger partial charge in [0.2, 0.25) is 0 Å². The summed E-state index contributed by atoms with van der Waals surface area (Å²) in [4.78, 5) is 0. The Morgan fingerprint density at radius 3 is 2.32 bits per heavy atom. The number of nitrogens with one attached hydrogen (secondary N) is 2. The van der Waals surface area contributed by atoms with E-state index in [-0.39, 0.29) is 0 Å². The number of ether oxygens (including phenoxy) is 3. The minimum absolute atomic E-state index is 0.464. The van der Waals surface area contributed by atoms with Gasteiger partial charge in [0.05, 0.1) is 27.0 Å². The van der Waals surface area contributed by atoms with Gasteiger partial charge in [-0.2, -0.15) is 5.10 Å². The van der Waals surface area contributed by atoms with Gasteiger partial charge in [0, 0.05) is 12.1 Å². The fraction of sp³-hybridized carbons (Fsp3) is 0.333. The molecule has 2 rings (SSSR count). The number of benzene rings is 2. The van der Waals surface area contributed by atoms with Crippen molar-refractivity contribution < 1.29 is 14.2 Å². The summed E-state index contributed by atoms with van der Waals surface area (Å²) in [5.74, 6) is 2.21. The van der Waals surface area contributed by atoms with Crippen molar-refractivity contribution >= 4 is 23.0 Å². The van der Waals surface area contributed by atoms with Crippen LogP contribution in [0.15, 0.2) is 41.5 Å². The van der Waals surface area contributed by atoms with Crippen LogP contribution in [0.2, 0.25) is 0 Å². The zero-order valence-electron chi connectivity index (χ0n) is 17.0. The summed E-state index contributed by atoms with van der Waals surface area (Å²) in [6, 6.07) is 11.8. The van der Waals surface area contributed by atoms with Crippen molar-refractivity contribution in [1.29, 1.82) is 0 Å². The lowest BCUT2D eigenvalue weighted by Gasteiger charge is -2.12. The molecule has 0 radical (unpaired) electrons. The third-order valence-corrected chi connectivity index (χ3v) is 4.45. The highest BCUT2D eigenvalue weighted by molar-refractivity contribution is 7.80. The van der Waals surface area contributed by atoms with Crippen molar-refractivity contribution in [3.63, 3.8) is 0 Å².